The van der Waals surface area contributed by atoms with Crippen LogP contribution in [0.4, 0.5) is 11.5 Å². The van der Waals surface area contributed by atoms with Crippen molar-refractivity contribution in [2.24, 2.45) is 5.92 Å². The Balaban J connectivity index is 1.39. The molecule has 1 aliphatic heterocycles. The van der Waals surface area contributed by atoms with Gasteiger partial charge >= 0.3 is 0 Å². The number of aryl methyl sites for hydroxylation is 1. The predicted molar refractivity (Wildman–Crippen MR) is 120 cm³/mol. The highest BCUT2D eigenvalue weighted by Gasteiger charge is 2.26. The van der Waals surface area contributed by atoms with E-state index in [2.05, 4.69) is 50.2 Å². The summed E-state index contributed by atoms with van der Waals surface area (Å²) in [5.41, 5.74) is 3.05. The molecule has 1 amide bonds. The molecule has 0 atom stereocenters. The van der Waals surface area contributed by atoms with Gasteiger partial charge < -0.3 is 10.2 Å². The molecule has 0 bridgehead atoms. The van der Waals surface area contributed by atoms with E-state index < -0.39 is 0 Å². The molecule has 1 aliphatic rings. The number of nitrogens with one attached hydrogen (secondary N) is 1. The molecule has 0 unspecified atom stereocenters. The lowest BCUT2D eigenvalue weighted by Crippen LogP contribution is -2.38. The first kappa shape index (κ1) is 19.6. The highest BCUT2D eigenvalue weighted by molar-refractivity contribution is 9.10. The molecule has 4 rings (SSSR count). The smallest absolute Gasteiger partial charge is 0.227 e. The van der Waals surface area contributed by atoms with E-state index in [-0.39, 0.29) is 11.8 Å². The predicted octanol–water partition coefficient (Wildman–Crippen LogP) is 5.07. The molecule has 0 saturated carbocycles. The third kappa shape index (κ3) is 4.82. The van der Waals surface area contributed by atoms with Crippen LogP contribution in [0, 0.1) is 12.8 Å². The maximum atomic E-state index is 12.6. The number of anilines is 2. The van der Waals surface area contributed by atoms with Gasteiger partial charge in [0.1, 0.15) is 5.82 Å². The van der Waals surface area contributed by atoms with Crippen molar-refractivity contribution in [3.8, 4) is 11.4 Å². The molecule has 1 aromatic heterocycles. The number of carbonyl (C=O) groups is 1. The number of nitrogens with zero attached hydrogens (tertiary/aromatic N) is 3. The van der Waals surface area contributed by atoms with E-state index in [1.54, 1.807) is 0 Å². The van der Waals surface area contributed by atoms with Gasteiger partial charge in [-0.1, -0.05) is 39.7 Å². The Bertz CT molecular complexity index is 998. The highest BCUT2D eigenvalue weighted by atomic mass is 79.9. The average molecular weight is 451 g/mol. The van der Waals surface area contributed by atoms with E-state index in [0.29, 0.717) is 0 Å². The van der Waals surface area contributed by atoms with Gasteiger partial charge in [-0.3, -0.25) is 4.79 Å². The topological polar surface area (TPSA) is 58.1 Å². The van der Waals surface area contributed by atoms with Gasteiger partial charge in [0.15, 0.2) is 5.82 Å². The number of carbonyl (C=O) groups excluding carboxylic acids is 1. The Hall–Kier alpha value is -2.73. The Morgan fingerprint density at radius 3 is 2.59 bits per heavy atom. The second kappa shape index (κ2) is 8.74. The third-order valence-electron chi connectivity index (χ3n) is 5.22. The van der Waals surface area contributed by atoms with Crippen molar-refractivity contribution in [2.75, 3.05) is 23.3 Å². The van der Waals surface area contributed by atoms with Crippen LogP contribution in [-0.4, -0.2) is 29.0 Å². The Labute approximate surface area is 179 Å². The van der Waals surface area contributed by atoms with E-state index in [9.17, 15) is 4.79 Å². The number of piperidine rings is 1. The molecule has 0 radical (unpaired) electrons. The second-order valence-electron chi connectivity index (χ2n) is 7.37. The molecular weight excluding hydrogens is 428 g/mol. The van der Waals surface area contributed by atoms with Gasteiger partial charge in [0.2, 0.25) is 5.91 Å². The summed E-state index contributed by atoms with van der Waals surface area (Å²) in [5.74, 6) is 1.77. The van der Waals surface area contributed by atoms with Gasteiger partial charge in [0.25, 0.3) is 0 Å². The molecule has 1 saturated heterocycles. The molecule has 2 aromatic carbocycles. The van der Waals surface area contributed by atoms with E-state index in [0.717, 1.165) is 53.3 Å². The van der Waals surface area contributed by atoms with Crippen molar-refractivity contribution < 1.29 is 4.79 Å². The maximum absolute atomic E-state index is 12.6. The van der Waals surface area contributed by atoms with E-state index in [1.807, 2.05) is 48.7 Å². The normalized spacial score (nSPS) is 14.6. The summed E-state index contributed by atoms with van der Waals surface area (Å²) in [6.45, 7) is 3.68. The van der Waals surface area contributed by atoms with Crippen LogP contribution in [0.2, 0.25) is 0 Å². The van der Waals surface area contributed by atoms with Gasteiger partial charge in [-0.25, -0.2) is 9.97 Å². The molecule has 6 heteroatoms. The van der Waals surface area contributed by atoms with Crippen molar-refractivity contribution in [2.45, 2.75) is 19.8 Å². The van der Waals surface area contributed by atoms with Crippen molar-refractivity contribution in [1.82, 2.24) is 9.97 Å². The highest BCUT2D eigenvalue weighted by Crippen LogP contribution is 2.25. The fourth-order valence-electron chi connectivity index (χ4n) is 3.60. The molecule has 29 heavy (non-hydrogen) atoms. The SMILES string of the molecule is Cc1cccc(-c2nccc(N3CCC(C(=O)Nc4ccc(Br)cc4)CC3)n2)c1. The summed E-state index contributed by atoms with van der Waals surface area (Å²) in [5, 5.41) is 3.03. The van der Waals surface area contributed by atoms with Crippen molar-refractivity contribution >= 4 is 33.3 Å². The van der Waals surface area contributed by atoms with E-state index in [1.165, 1.54) is 5.56 Å². The summed E-state index contributed by atoms with van der Waals surface area (Å²) in [4.78, 5) is 24.0. The van der Waals surface area contributed by atoms with Crippen LogP contribution in [0.1, 0.15) is 18.4 Å². The van der Waals surface area contributed by atoms with Crippen LogP contribution in [0.25, 0.3) is 11.4 Å². The Kier molecular flexibility index (Phi) is 5.90. The number of amides is 1. The minimum Gasteiger partial charge on any atom is -0.356 e. The largest absolute Gasteiger partial charge is 0.356 e. The average Bonchev–Trinajstić information content (AvgIpc) is 2.75. The lowest BCUT2D eigenvalue weighted by molar-refractivity contribution is -0.120. The maximum Gasteiger partial charge on any atom is 0.227 e. The molecule has 0 aliphatic carbocycles. The summed E-state index contributed by atoms with van der Waals surface area (Å²) in [6, 6.07) is 17.8. The first-order valence-corrected chi connectivity index (χ1v) is 10.6. The number of rotatable bonds is 4. The first-order valence-electron chi connectivity index (χ1n) is 9.80. The van der Waals surface area contributed by atoms with Crippen LogP contribution in [0.15, 0.2) is 65.3 Å². The van der Waals surface area contributed by atoms with Crippen molar-refractivity contribution in [1.29, 1.82) is 0 Å². The van der Waals surface area contributed by atoms with Crippen LogP contribution < -0.4 is 10.2 Å². The zero-order valence-electron chi connectivity index (χ0n) is 16.3. The van der Waals surface area contributed by atoms with Gasteiger partial charge in [-0.05, 0) is 56.2 Å². The zero-order valence-corrected chi connectivity index (χ0v) is 17.9. The minimum absolute atomic E-state index is 0.0213. The molecule has 1 fully saturated rings. The van der Waals surface area contributed by atoms with Gasteiger partial charge in [0.05, 0.1) is 0 Å². The summed E-state index contributed by atoms with van der Waals surface area (Å²) in [6.07, 6.45) is 3.44. The van der Waals surface area contributed by atoms with Gasteiger partial charge in [-0.15, -0.1) is 0 Å². The minimum atomic E-state index is 0.0213. The number of benzene rings is 2. The quantitative estimate of drug-likeness (QED) is 0.602. The van der Waals surface area contributed by atoms with Crippen molar-refractivity contribution in [3.05, 3.63) is 70.8 Å². The lowest BCUT2D eigenvalue weighted by Gasteiger charge is -2.32. The molecule has 0 spiro atoms. The summed E-state index contributed by atoms with van der Waals surface area (Å²) in [7, 11) is 0. The van der Waals surface area contributed by atoms with E-state index in [4.69, 9.17) is 4.98 Å². The zero-order chi connectivity index (χ0) is 20.2. The number of aromatic nitrogens is 2. The second-order valence-corrected chi connectivity index (χ2v) is 8.28. The van der Waals surface area contributed by atoms with E-state index >= 15 is 0 Å². The van der Waals surface area contributed by atoms with Crippen LogP contribution in [0.5, 0.6) is 0 Å². The summed E-state index contributed by atoms with van der Waals surface area (Å²) < 4.78 is 0.999. The number of hydrogen-bond acceptors (Lipinski definition) is 4. The molecule has 1 N–H and O–H groups in total. The molecule has 3 aromatic rings. The third-order valence-corrected chi connectivity index (χ3v) is 5.75. The summed E-state index contributed by atoms with van der Waals surface area (Å²) >= 11 is 3.41. The standard InChI is InChI=1S/C23H23BrN4O/c1-16-3-2-4-18(15-16)22-25-12-9-21(27-22)28-13-10-17(11-14-28)23(29)26-20-7-5-19(24)6-8-20/h2-9,12,15,17H,10-11,13-14H2,1H3,(H,26,29). The number of hydrogen-bond donors (Lipinski definition) is 1. The number of halogens is 1. The Morgan fingerprint density at radius 1 is 1.10 bits per heavy atom. The van der Waals surface area contributed by atoms with Crippen molar-refractivity contribution in [3.63, 3.8) is 0 Å². The van der Waals surface area contributed by atoms with Gasteiger partial charge in [0, 0.05) is 40.9 Å². The Morgan fingerprint density at radius 2 is 1.86 bits per heavy atom. The first-order chi connectivity index (χ1) is 14.1. The molecule has 2 heterocycles. The molecule has 5 nitrogen and oxygen atoms in total. The fourth-order valence-corrected chi connectivity index (χ4v) is 3.86. The lowest BCUT2D eigenvalue weighted by atomic mass is 9.96. The van der Waals surface area contributed by atoms with Gasteiger partial charge in [-0.2, -0.15) is 0 Å². The fraction of sp³-hybridized carbons (Fsp3) is 0.261. The van der Waals surface area contributed by atoms with Crippen LogP contribution >= 0.6 is 15.9 Å². The van der Waals surface area contributed by atoms with Crippen LogP contribution in [-0.2, 0) is 4.79 Å². The monoisotopic (exact) mass is 450 g/mol. The molecule has 148 valence electrons. The molecular formula is C23H23BrN4O. The van der Waals surface area contributed by atoms with Crippen LogP contribution in [0.3, 0.4) is 0 Å².